The second-order valence-corrected chi connectivity index (χ2v) is 22.7. The first-order valence-corrected chi connectivity index (χ1v) is 33.5. The first kappa shape index (κ1) is 72.6. The van der Waals surface area contributed by atoms with Crippen molar-refractivity contribution < 1.29 is 28.6 Å². The highest BCUT2D eigenvalue weighted by Crippen LogP contribution is 2.17. The van der Waals surface area contributed by atoms with Gasteiger partial charge in [0.25, 0.3) is 0 Å². The number of allylic oxidation sites excluding steroid dienone is 6. The Morgan fingerprint density at radius 1 is 0.253 bits per heavy atom. The van der Waals surface area contributed by atoms with E-state index in [1.54, 1.807) is 0 Å². The van der Waals surface area contributed by atoms with Crippen LogP contribution < -0.4 is 0 Å². The third-order valence-electron chi connectivity index (χ3n) is 15.1. The number of carbonyl (C=O) groups is 3. The summed E-state index contributed by atoms with van der Waals surface area (Å²) in [5.74, 6) is -0.854. The molecule has 0 saturated heterocycles. The lowest BCUT2D eigenvalue weighted by Crippen LogP contribution is -2.30. The predicted octanol–water partition coefficient (Wildman–Crippen LogP) is 22.8. The molecule has 0 aromatic rings. The summed E-state index contributed by atoms with van der Waals surface area (Å²) in [6.07, 6.45) is 78.6. The minimum absolute atomic E-state index is 0.0714. The van der Waals surface area contributed by atoms with Crippen LogP contribution in [0, 0.1) is 0 Å². The summed E-state index contributed by atoms with van der Waals surface area (Å²) >= 11 is 0. The van der Waals surface area contributed by atoms with Crippen molar-refractivity contribution in [3.63, 3.8) is 0 Å². The van der Waals surface area contributed by atoms with Crippen LogP contribution in [0.1, 0.15) is 367 Å². The van der Waals surface area contributed by atoms with E-state index in [2.05, 4.69) is 57.2 Å². The number of ether oxygens (including phenoxy) is 3. The zero-order valence-corrected chi connectivity index (χ0v) is 50.6. The van der Waals surface area contributed by atoms with E-state index in [4.69, 9.17) is 14.2 Å². The normalized spacial score (nSPS) is 12.2. The van der Waals surface area contributed by atoms with E-state index < -0.39 is 6.10 Å². The highest BCUT2D eigenvalue weighted by atomic mass is 16.6. The third-order valence-corrected chi connectivity index (χ3v) is 15.1. The maximum atomic E-state index is 12.9. The van der Waals surface area contributed by atoms with Crippen molar-refractivity contribution in [1.29, 1.82) is 0 Å². The molecule has 1 atom stereocenters. The van der Waals surface area contributed by atoms with E-state index in [-0.39, 0.29) is 31.1 Å². The van der Waals surface area contributed by atoms with Crippen LogP contribution in [0.5, 0.6) is 0 Å². The molecule has 0 fully saturated rings. The number of carbonyl (C=O) groups excluding carboxylic acids is 3. The molecule has 0 aliphatic heterocycles. The third kappa shape index (κ3) is 62.4. The Balaban J connectivity index is 4.32. The minimum atomic E-state index is -0.775. The monoisotopic (exact) mass is 1050 g/mol. The molecule has 0 aliphatic rings. The lowest BCUT2D eigenvalue weighted by atomic mass is 10.0. The molecule has 0 aliphatic carbocycles. The summed E-state index contributed by atoms with van der Waals surface area (Å²) in [6.45, 7) is 6.69. The van der Waals surface area contributed by atoms with E-state index >= 15 is 0 Å². The van der Waals surface area contributed by atoms with Crippen molar-refractivity contribution in [3.05, 3.63) is 36.5 Å². The Bertz CT molecular complexity index is 1250. The van der Waals surface area contributed by atoms with Crippen molar-refractivity contribution in [2.24, 2.45) is 0 Å². The van der Waals surface area contributed by atoms with Crippen LogP contribution in [-0.2, 0) is 28.6 Å². The Hall–Kier alpha value is -2.37. The lowest BCUT2D eigenvalue weighted by Gasteiger charge is -2.18. The summed E-state index contributed by atoms with van der Waals surface area (Å²) in [4.78, 5) is 38.4. The molecule has 6 heteroatoms. The van der Waals surface area contributed by atoms with Crippen molar-refractivity contribution in [3.8, 4) is 0 Å². The lowest BCUT2D eigenvalue weighted by molar-refractivity contribution is -0.167. The van der Waals surface area contributed by atoms with Crippen molar-refractivity contribution >= 4 is 17.9 Å². The summed E-state index contributed by atoms with van der Waals surface area (Å²) in [5.41, 5.74) is 0. The van der Waals surface area contributed by atoms with Gasteiger partial charge in [-0.3, -0.25) is 14.4 Å². The standard InChI is InChI=1S/C69H128O6/c1-4-7-10-13-16-19-22-25-28-31-33-34-36-39-41-44-47-50-53-56-59-62-68(71)74-65-66(75-69(72)63-60-57-54-51-48-45-42-37-30-27-24-21-18-15-12-9-6-3)64-73-67(70)61-58-55-52-49-46-43-40-38-35-32-29-26-23-20-17-14-11-8-5-2/h25-30,66H,4-24,31-65H2,1-3H3/b28-25-,29-26-,30-27-/t66-/m0/s1. The molecule has 0 radical (unpaired) electrons. The van der Waals surface area contributed by atoms with E-state index in [0.29, 0.717) is 19.3 Å². The van der Waals surface area contributed by atoms with Crippen LogP contribution >= 0.6 is 0 Å². The Kier molecular flexibility index (Phi) is 62.1. The number of esters is 3. The molecule has 0 saturated carbocycles. The van der Waals surface area contributed by atoms with Crippen LogP contribution in [0.15, 0.2) is 36.5 Å². The van der Waals surface area contributed by atoms with Gasteiger partial charge in [0.1, 0.15) is 13.2 Å². The number of unbranched alkanes of at least 4 members (excludes halogenated alkanes) is 45. The fraction of sp³-hybridized carbons (Fsp3) is 0.870. The maximum Gasteiger partial charge on any atom is 0.306 e. The molecular formula is C69H128O6. The quantitative estimate of drug-likeness (QED) is 0.0261. The number of rotatable bonds is 62. The molecule has 6 nitrogen and oxygen atoms in total. The fourth-order valence-electron chi connectivity index (χ4n) is 10.0. The van der Waals surface area contributed by atoms with Gasteiger partial charge >= 0.3 is 17.9 Å². The average Bonchev–Trinajstić information content (AvgIpc) is 3.41. The molecule has 0 rings (SSSR count). The van der Waals surface area contributed by atoms with Crippen LogP contribution in [0.3, 0.4) is 0 Å². The summed E-state index contributed by atoms with van der Waals surface area (Å²) < 4.78 is 17.0. The van der Waals surface area contributed by atoms with Gasteiger partial charge in [0.2, 0.25) is 0 Å². The summed E-state index contributed by atoms with van der Waals surface area (Å²) in [5, 5.41) is 0. The average molecular weight is 1050 g/mol. The fourth-order valence-corrected chi connectivity index (χ4v) is 10.0. The first-order valence-electron chi connectivity index (χ1n) is 33.5. The second kappa shape index (κ2) is 64.2. The van der Waals surface area contributed by atoms with Gasteiger partial charge < -0.3 is 14.2 Å². The Labute approximate surface area is 467 Å². The maximum absolute atomic E-state index is 12.9. The number of hydrogen-bond donors (Lipinski definition) is 0. The smallest absolute Gasteiger partial charge is 0.306 e. The van der Waals surface area contributed by atoms with E-state index in [1.807, 2.05) is 0 Å². The first-order chi connectivity index (χ1) is 37.0. The molecule has 0 N–H and O–H groups in total. The predicted molar refractivity (Wildman–Crippen MR) is 326 cm³/mol. The van der Waals surface area contributed by atoms with Crippen molar-refractivity contribution in [2.75, 3.05) is 13.2 Å². The van der Waals surface area contributed by atoms with E-state index in [1.165, 1.54) is 270 Å². The molecule has 0 spiro atoms. The second-order valence-electron chi connectivity index (χ2n) is 22.7. The van der Waals surface area contributed by atoms with E-state index in [9.17, 15) is 14.4 Å². The molecule has 0 heterocycles. The zero-order valence-electron chi connectivity index (χ0n) is 50.6. The van der Waals surface area contributed by atoms with Crippen LogP contribution in [-0.4, -0.2) is 37.2 Å². The van der Waals surface area contributed by atoms with Crippen molar-refractivity contribution in [2.45, 2.75) is 374 Å². The molecule has 0 aromatic heterocycles. The Morgan fingerprint density at radius 3 is 0.667 bits per heavy atom. The van der Waals surface area contributed by atoms with Gasteiger partial charge in [-0.1, -0.05) is 288 Å². The van der Waals surface area contributed by atoms with Gasteiger partial charge in [0.05, 0.1) is 0 Å². The van der Waals surface area contributed by atoms with Gasteiger partial charge in [-0.05, 0) is 96.3 Å². The zero-order chi connectivity index (χ0) is 54.3. The molecule has 0 amide bonds. The van der Waals surface area contributed by atoms with Gasteiger partial charge in [0, 0.05) is 19.3 Å². The van der Waals surface area contributed by atoms with Crippen LogP contribution in [0.25, 0.3) is 0 Å². The highest BCUT2D eigenvalue weighted by molar-refractivity contribution is 5.71. The Morgan fingerprint density at radius 2 is 0.440 bits per heavy atom. The van der Waals surface area contributed by atoms with Crippen LogP contribution in [0.2, 0.25) is 0 Å². The van der Waals surface area contributed by atoms with Gasteiger partial charge in [-0.2, -0.15) is 0 Å². The molecule has 75 heavy (non-hydrogen) atoms. The van der Waals surface area contributed by atoms with Gasteiger partial charge in [-0.15, -0.1) is 0 Å². The highest BCUT2D eigenvalue weighted by Gasteiger charge is 2.19. The van der Waals surface area contributed by atoms with Crippen molar-refractivity contribution in [1.82, 2.24) is 0 Å². The van der Waals surface area contributed by atoms with Gasteiger partial charge in [0.15, 0.2) is 6.10 Å². The SMILES string of the molecule is CCCCCCCC/C=C\CCCCCCCCCCCCCC(=O)OC[C@H](COC(=O)CCCCCCCCCCC/C=C\CCCCCCCC)OC(=O)CCCCCCCCC/C=C\CCCCCCCC. The molecular weight excluding hydrogens is 925 g/mol. The largest absolute Gasteiger partial charge is 0.462 e. The summed E-state index contributed by atoms with van der Waals surface area (Å²) in [6, 6.07) is 0. The van der Waals surface area contributed by atoms with E-state index in [0.717, 1.165) is 57.8 Å². The molecule has 0 bridgehead atoms. The van der Waals surface area contributed by atoms with Gasteiger partial charge in [-0.25, -0.2) is 0 Å². The topological polar surface area (TPSA) is 78.9 Å². The molecule has 440 valence electrons. The molecule has 0 aromatic carbocycles. The number of hydrogen-bond acceptors (Lipinski definition) is 6. The van der Waals surface area contributed by atoms with Crippen LogP contribution in [0.4, 0.5) is 0 Å². The summed E-state index contributed by atoms with van der Waals surface area (Å²) in [7, 11) is 0. The molecule has 0 unspecified atom stereocenters. The minimum Gasteiger partial charge on any atom is -0.462 e.